The molecule has 9 heteroatoms. The number of hydrogen-bond donors (Lipinski definition) is 1. The van der Waals surface area contributed by atoms with Crippen molar-refractivity contribution in [2.24, 2.45) is 0 Å². The molecule has 0 aromatic heterocycles. The van der Waals surface area contributed by atoms with E-state index in [1.54, 1.807) is 0 Å². The molecule has 0 saturated heterocycles. The van der Waals surface area contributed by atoms with E-state index in [2.05, 4.69) is 0 Å². The summed E-state index contributed by atoms with van der Waals surface area (Å²) in [7, 11) is -4.68. The van der Waals surface area contributed by atoms with Crippen molar-refractivity contribution in [3.05, 3.63) is 34.9 Å². The zero-order chi connectivity index (χ0) is 17.2. The zero-order valence-corrected chi connectivity index (χ0v) is 13.5. The lowest BCUT2D eigenvalue weighted by Crippen LogP contribution is -2.51. The van der Waals surface area contributed by atoms with E-state index in [1.165, 1.54) is 27.7 Å². The van der Waals surface area contributed by atoms with Crippen LogP contribution in [0.2, 0.25) is 0 Å². The molecule has 1 aromatic rings. The highest BCUT2D eigenvalue weighted by atomic mass is 28.4. The smallest absolute Gasteiger partial charge is 0.388 e. The van der Waals surface area contributed by atoms with Gasteiger partial charge in [-0.15, -0.1) is 0 Å². The van der Waals surface area contributed by atoms with Crippen LogP contribution in [0.5, 0.6) is 0 Å². The highest BCUT2D eigenvalue weighted by molar-refractivity contribution is 6.60. The van der Waals surface area contributed by atoms with E-state index in [-0.39, 0.29) is 6.07 Å². The molecular formula is C13H17F5O3Si. The first-order valence-electron chi connectivity index (χ1n) is 6.54. The molecule has 1 N–H and O–H groups in total. The fourth-order valence-corrected chi connectivity index (χ4v) is 4.04. The maximum atomic E-state index is 14.5. The summed E-state index contributed by atoms with van der Waals surface area (Å²) in [5.74, 6) is -10.6. The first-order chi connectivity index (χ1) is 9.99. The standard InChI is InChI=1S/C13H17F5O3Si/c1-6(2)20-22(19,21-7(3)4)13(18)8-5-9(14)11(16)12(17)10(8)15/h5-7,13,19H,1-4H3. The largest absolute Gasteiger partial charge is 0.539 e. The molecule has 1 aromatic carbocycles. The molecule has 126 valence electrons. The molecule has 0 saturated carbocycles. The Hall–Kier alpha value is -1.03. The molecule has 0 aliphatic carbocycles. The number of rotatable bonds is 6. The van der Waals surface area contributed by atoms with Gasteiger partial charge in [0.2, 0.25) is 0 Å². The third-order valence-electron chi connectivity index (χ3n) is 2.53. The summed E-state index contributed by atoms with van der Waals surface area (Å²) in [6, 6.07) is 0.143. The van der Waals surface area contributed by atoms with Gasteiger partial charge in [-0.25, -0.2) is 22.0 Å². The minimum absolute atomic E-state index is 0.143. The maximum Gasteiger partial charge on any atom is 0.539 e. The Labute approximate surface area is 126 Å². The van der Waals surface area contributed by atoms with Gasteiger partial charge in [0, 0.05) is 17.8 Å². The monoisotopic (exact) mass is 344 g/mol. The molecule has 0 aliphatic heterocycles. The molecule has 1 unspecified atom stereocenters. The number of alkyl halides is 1. The van der Waals surface area contributed by atoms with Gasteiger partial charge in [-0.05, 0) is 33.8 Å². The van der Waals surface area contributed by atoms with E-state index in [0.717, 1.165) is 0 Å². The van der Waals surface area contributed by atoms with Crippen molar-refractivity contribution in [2.45, 2.75) is 45.7 Å². The summed E-state index contributed by atoms with van der Waals surface area (Å²) in [6.07, 6.45) is -1.38. The van der Waals surface area contributed by atoms with Crippen LogP contribution in [0.1, 0.15) is 39.1 Å². The topological polar surface area (TPSA) is 38.7 Å². The van der Waals surface area contributed by atoms with Crippen molar-refractivity contribution in [3.8, 4) is 0 Å². The Morgan fingerprint density at radius 2 is 1.36 bits per heavy atom. The van der Waals surface area contributed by atoms with Gasteiger partial charge >= 0.3 is 8.80 Å². The van der Waals surface area contributed by atoms with E-state index in [0.29, 0.717) is 0 Å². The number of halogens is 5. The van der Waals surface area contributed by atoms with Crippen LogP contribution in [0.15, 0.2) is 6.07 Å². The summed E-state index contributed by atoms with van der Waals surface area (Å²) in [6.45, 7) is 5.88. The molecule has 0 spiro atoms. The van der Waals surface area contributed by atoms with Crippen LogP contribution < -0.4 is 0 Å². The fraction of sp³-hybridized carbons (Fsp3) is 0.538. The van der Waals surface area contributed by atoms with Gasteiger partial charge in [0.25, 0.3) is 0 Å². The van der Waals surface area contributed by atoms with Crippen molar-refractivity contribution < 1.29 is 35.6 Å². The molecule has 0 radical (unpaired) electrons. The van der Waals surface area contributed by atoms with Crippen LogP contribution in [0.25, 0.3) is 0 Å². The highest BCUT2D eigenvalue weighted by Crippen LogP contribution is 2.34. The third kappa shape index (κ3) is 4.03. The normalized spacial score (nSPS) is 14.0. The van der Waals surface area contributed by atoms with Crippen LogP contribution in [-0.2, 0) is 8.85 Å². The minimum Gasteiger partial charge on any atom is -0.388 e. The van der Waals surface area contributed by atoms with E-state index >= 15 is 0 Å². The van der Waals surface area contributed by atoms with Crippen LogP contribution in [0.3, 0.4) is 0 Å². The van der Waals surface area contributed by atoms with Gasteiger partial charge in [-0.1, -0.05) is 0 Å². The van der Waals surface area contributed by atoms with Crippen LogP contribution in [-0.4, -0.2) is 25.8 Å². The fourth-order valence-electron chi connectivity index (χ4n) is 1.79. The molecule has 0 fully saturated rings. The Morgan fingerprint density at radius 3 is 1.77 bits per heavy atom. The van der Waals surface area contributed by atoms with Gasteiger partial charge in [-0.3, -0.25) is 0 Å². The molecule has 0 heterocycles. The Balaban J connectivity index is 3.33. The van der Waals surface area contributed by atoms with Crippen LogP contribution in [0.4, 0.5) is 22.0 Å². The van der Waals surface area contributed by atoms with Crippen molar-refractivity contribution in [2.75, 3.05) is 0 Å². The quantitative estimate of drug-likeness (QED) is 0.371. The first-order valence-corrected chi connectivity index (χ1v) is 8.38. The molecule has 0 amide bonds. The Morgan fingerprint density at radius 1 is 0.909 bits per heavy atom. The maximum absolute atomic E-state index is 14.5. The van der Waals surface area contributed by atoms with E-state index < -0.39 is 55.6 Å². The molecule has 1 atom stereocenters. The Kier molecular flexibility index (Phi) is 6.08. The zero-order valence-electron chi connectivity index (χ0n) is 12.5. The van der Waals surface area contributed by atoms with E-state index in [9.17, 15) is 26.7 Å². The predicted molar refractivity (Wildman–Crippen MR) is 70.5 cm³/mol. The SMILES string of the molecule is CC(C)O[Si](O)(OC(C)C)C(F)c1cc(F)c(F)c(F)c1F. The van der Waals surface area contributed by atoms with Crippen molar-refractivity contribution in [1.82, 2.24) is 0 Å². The van der Waals surface area contributed by atoms with E-state index in [1.807, 2.05) is 0 Å². The molecule has 0 bridgehead atoms. The van der Waals surface area contributed by atoms with E-state index in [4.69, 9.17) is 8.85 Å². The summed E-state index contributed by atoms with van der Waals surface area (Å²) >= 11 is 0. The van der Waals surface area contributed by atoms with Crippen LogP contribution >= 0.6 is 0 Å². The first kappa shape index (κ1) is 19.0. The molecule has 0 aliphatic rings. The third-order valence-corrected chi connectivity index (χ3v) is 5.10. The summed E-state index contributed by atoms with van der Waals surface area (Å²) in [5, 5.41) is 0. The van der Waals surface area contributed by atoms with Crippen LogP contribution in [0, 0.1) is 23.3 Å². The summed E-state index contributed by atoms with van der Waals surface area (Å²) < 4.78 is 77.6. The van der Waals surface area contributed by atoms with Gasteiger partial charge in [0.15, 0.2) is 29.1 Å². The molecule has 1 rings (SSSR count). The molecule has 3 nitrogen and oxygen atoms in total. The second-order valence-corrected chi connectivity index (χ2v) is 7.46. The van der Waals surface area contributed by atoms with Gasteiger partial charge in [-0.2, -0.15) is 0 Å². The molecule has 22 heavy (non-hydrogen) atoms. The average molecular weight is 344 g/mol. The predicted octanol–water partition coefficient (Wildman–Crippen LogP) is 3.57. The van der Waals surface area contributed by atoms with Crippen molar-refractivity contribution >= 4 is 8.80 Å². The Bertz CT molecular complexity index is 529. The number of benzene rings is 1. The lowest BCUT2D eigenvalue weighted by Gasteiger charge is -2.30. The average Bonchev–Trinajstić information content (AvgIpc) is 2.37. The van der Waals surface area contributed by atoms with Crippen molar-refractivity contribution in [1.29, 1.82) is 0 Å². The number of hydrogen-bond acceptors (Lipinski definition) is 3. The second kappa shape index (κ2) is 7.03. The summed E-state index contributed by atoms with van der Waals surface area (Å²) in [5.41, 5.74) is -1.19. The molecular weight excluding hydrogens is 327 g/mol. The van der Waals surface area contributed by atoms with Gasteiger partial charge < -0.3 is 13.6 Å². The van der Waals surface area contributed by atoms with Gasteiger partial charge in [0.05, 0.1) is 0 Å². The highest BCUT2D eigenvalue weighted by Gasteiger charge is 2.51. The van der Waals surface area contributed by atoms with Crippen molar-refractivity contribution in [3.63, 3.8) is 0 Å². The lowest BCUT2D eigenvalue weighted by atomic mass is 10.2. The summed E-state index contributed by atoms with van der Waals surface area (Å²) in [4.78, 5) is 10.3. The second-order valence-electron chi connectivity index (χ2n) is 5.22. The van der Waals surface area contributed by atoms with Gasteiger partial charge in [0.1, 0.15) is 0 Å². The minimum atomic E-state index is -4.68. The lowest BCUT2D eigenvalue weighted by molar-refractivity contribution is 0.0231.